The number of hydrogen-bond donors (Lipinski definition) is 4. The van der Waals surface area contributed by atoms with E-state index in [-0.39, 0.29) is 17.4 Å². The summed E-state index contributed by atoms with van der Waals surface area (Å²) in [5, 5.41) is 12.1. The highest BCUT2D eigenvalue weighted by molar-refractivity contribution is 6.07. The van der Waals surface area contributed by atoms with Crippen molar-refractivity contribution in [1.82, 2.24) is 19.9 Å². The zero-order valence-corrected chi connectivity index (χ0v) is 19.1. The molecule has 35 heavy (non-hydrogen) atoms. The Balaban J connectivity index is 1.59. The lowest BCUT2D eigenvalue weighted by atomic mass is 10.0. The molecule has 10 nitrogen and oxygen atoms in total. The van der Waals surface area contributed by atoms with Crippen LogP contribution in [-0.4, -0.2) is 46.8 Å². The van der Waals surface area contributed by atoms with Gasteiger partial charge in [-0.15, -0.1) is 0 Å². The molecule has 2 heterocycles. The van der Waals surface area contributed by atoms with E-state index in [4.69, 9.17) is 10.5 Å². The summed E-state index contributed by atoms with van der Waals surface area (Å²) in [5.41, 5.74) is 9.15. The fraction of sp³-hybridized carbons (Fsp3) is 0.167. The van der Waals surface area contributed by atoms with Gasteiger partial charge in [-0.3, -0.25) is 4.79 Å². The summed E-state index contributed by atoms with van der Waals surface area (Å²) in [7, 11) is 1.55. The van der Waals surface area contributed by atoms with Crippen LogP contribution in [0, 0.1) is 12.7 Å². The molecule has 0 saturated heterocycles. The number of nitrogens with one attached hydrogen (secondary N) is 3. The van der Waals surface area contributed by atoms with Crippen molar-refractivity contribution in [3.05, 3.63) is 71.9 Å². The van der Waals surface area contributed by atoms with Gasteiger partial charge >= 0.3 is 6.03 Å². The third kappa shape index (κ3) is 5.04. The molecule has 11 heteroatoms. The molecule has 4 aromatic rings. The minimum Gasteiger partial charge on any atom is -0.383 e. The van der Waals surface area contributed by atoms with Crippen molar-refractivity contribution in [2.45, 2.75) is 6.92 Å². The summed E-state index contributed by atoms with van der Waals surface area (Å²) in [5.74, 6) is -0.592. The molecule has 0 radical (unpaired) electrons. The number of methoxy groups -OCH3 is 1. The molecule has 180 valence electrons. The number of halogens is 1. The monoisotopic (exact) mass is 477 g/mol. The van der Waals surface area contributed by atoms with Crippen molar-refractivity contribution in [3.8, 4) is 11.1 Å². The smallest absolute Gasteiger partial charge is 0.323 e. The third-order valence-electron chi connectivity index (χ3n) is 5.31. The number of carbonyl (C=O) groups excluding carboxylic acids is 2. The zero-order valence-electron chi connectivity index (χ0n) is 19.1. The van der Waals surface area contributed by atoms with Crippen LogP contribution in [0.25, 0.3) is 16.6 Å². The van der Waals surface area contributed by atoms with Crippen LogP contribution >= 0.6 is 0 Å². The predicted octanol–water partition coefficient (Wildman–Crippen LogP) is 3.45. The second kappa shape index (κ2) is 10.2. The van der Waals surface area contributed by atoms with Crippen LogP contribution < -0.4 is 21.7 Å². The van der Waals surface area contributed by atoms with Gasteiger partial charge in [0.1, 0.15) is 17.7 Å². The van der Waals surface area contributed by atoms with Crippen molar-refractivity contribution in [3.63, 3.8) is 0 Å². The van der Waals surface area contributed by atoms with Gasteiger partial charge in [0.15, 0.2) is 5.82 Å². The number of aryl methyl sites for hydroxylation is 1. The lowest BCUT2D eigenvalue weighted by molar-refractivity contribution is 0.0937. The van der Waals surface area contributed by atoms with Crippen LogP contribution in [0.4, 0.5) is 26.4 Å². The Morgan fingerprint density at radius 3 is 2.66 bits per heavy atom. The predicted molar refractivity (Wildman–Crippen MR) is 131 cm³/mol. The normalized spacial score (nSPS) is 10.8. The molecule has 5 N–H and O–H groups in total. The van der Waals surface area contributed by atoms with Gasteiger partial charge < -0.3 is 26.4 Å². The minimum atomic E-state index is -0.590. The second-order valence-corrected chi connectivity index (χ2v) is 7.70. The highest BCUT2D eigenvalue weighted by Crippen LogP contribution is 2.33. The number of rotatable bonds is 7. The molecular formula is C24H24FN7O3. The summed E-state index contributed by atoms with van der Waals surface area (Å²) < 4.78 is 20.7. The van der Waals surface area contributed by atoms with E-state index in [0.29, 0.717) is 46.6 Å². The Morgan fingerprint density at radius 2 is 1.91 bits per heavy atom. The summed E-state index contributed by atoms with van der Waals surface area (Å²) in [4.78, 5) is 29.3. The first-order valence-electron chi connectivity index (χ1n) is 10.7. The number of nitrogens with two attached hydrogens (primary N) is 1. The maximum absolute atomic E-state index is 14.2. The maximum atomic E-state index is 14.2. The van der Waals surface area contributed by atoms with E-state index in [1.54, 1.807) is 56.6 Å². The van der Waals surface area contributed by atoms with Gasteiger partial charge in [0, 0.05) is 31.1 Å². The van der Waals surface area contributed by atoms with E-state index in [2.05, 4.69) is 26.0 Å². The second-order valence-electron chi connectivity index (χ2n) is 7.70. The van der Waals surface area contributed by atoms with Crippen LogP contribution in [0.15, 0.2) is 55.0 Å². The van der Waals surface area contributed by atoms with Gasteiger partial charge in [0.2, 0.25) is 0 Å². The van der Waals surface area contributed by atoms with Crippen molar-refractivity contribution < 1.29 is 18.7 Å². The van der Waals surface area contributed by atoms with Crippen molar-refractivity contribution in [2.24, 2.45) is 0 Å². The maximum Gasteiger partial charge on any atom is 0.323 e. The van der Waals surface area contributed by atoms with Crippen molar-refractivity contribution in [2.75, 3.05) is 36.6 Å². The first kappa shape index (κ1) is 23.6. The van der Waals surface area contributed by atoms with Gasteiger partial charge in [-0.25, -0.2) is 18.7 Å². The van der Waals surface area contributed by atoms with E-state index >= 15 is 0 Å². The fourth-order valence-electron chi connectivity index (χ4n) is 3.61. The molecule has 3 amide bonds. The first-order chi connectivity index (χ1) is 16.9. The van der Waals surface area contributed by atoms with Crippen LogP contribution in [0.3, 0.4) is 0 Å². The lowest BCUT2D eigenvalue weighted by Gasteiger charge is -2.11. The third-order valence-corrected chi connectivity index (χ3v) is 5.31. The van der Waals surface area contributed by atoms with E-state index in [1.807, 2.05) is 0 Å². The van der Waals surface area contributed by atoms with E-state index < -0.39 is 11.8 Å². The first-order valence-corrected chi connectivity index (χ1v) is 10.7. The quantitative estimate of drug-likeness (QED) is 0.301. The largest absolute Gasteiger partial charge is 0.383 e. The molecule has 0 aliphatic rings. The average Bonchev–Trinajstić information content (AvgIpc) is 3.24. The number of amides is 3. The molecule has 2 aromatic heterocycles. The molecule has 2 aromatic carbocycles. The fourth-order valence-corrected chi connectivity index (χ4v) is 3.61. The highest BCUT2D eigenvalue weighted by Gasteiger charge is 2.21. The number of nitrogens with zero attached hydrogens (tertiary/aromatic N) is 3. The molecule has 0 unspecified atom stereocenters. The Hall–Kier alpha value is -4.51. The number of fused-ring (bicyclic) bond motifs is 1. The van der Waals surface area contributed by atoms with E-state index in [9.17, 15) is 14.0 Å². The van der Waals surface area contributed by atoms with Crippen molar-refractivity contribution >= 4 is 34.6 Å². The Labute approximate surface area is 200 Å². The zero-order chi connectivity index (χ0) is 24.9. The summed E-state index contributed by atoms with van der Waals surface area (Å²) in [6.07, 6.45) is 2.89. The van der Waals surface area contributed by atoms with Crippen LogP contribution in [0.1, 0.15) is 15.9 Å². The SMILES string of the molecule is COCCNC(=O)c1cn2ncnc(N)c2c1-c1ccc(NC(=O)Nc2cccc(C)c2F)cc1. The Bertz CT molecular complexity index is 1390. The highest BCUT2D eigenvalue weighted by atomic mass is 19.1. The average molecular weight is 478 g/mol. The molecule has 0 aliphatic heterocycles. The van der Waals surface area contributed by atoms with Crippen LogP contribution in [0.5, 0.6) is 0 Å². The Morgan fingerprint density at radius 1 is 1.14 bits per heavy atom. The molecular weight excluding hydrogens is 453 g/mol. The number of hydrogen-bond acceptors (Lipinski definition) is 6. The lowest BCUT2D eigenvalue weighted by Crippen LogP contribution is -2.27. The minimum absolute atomic E-state index is 0.0824. The van der Waals surface area contributed by atoms with Crippen molar-refractivity contribution in [1.29, 1.82) is 0 Å². The summed E-state index contributed by atoms with van der Waals surface area (Å²) in [6, 6.07) is 11.0. The summed E-state index contributed by atoms with van der Waals surface area (Å²) >= 11 is 0. The van der Waals surface area contributed by atoms with Crippen LogP contribution in [-0.2, 0) is 4.74 Å². The molecule has 0 saturated carbocycles. The number of ether oxygens (including phenoxy) is 1. The molecule has 0 bridgehead atoms. The number of aromatic nitrogens is 3. The van der Waals surface area contributed by atoms with Gasteiger partial charge in [-0.2, -0.15) is 5.10 Å². The number of anilines is 3. The molecule has 0 atom stereocenters. The number of carbonyl (C=O) groups is 2. The van der Waals surface area contributed by atoms with Gasteiger partial charge in [0.05, 0.1) is 17.9 Å². The van der Waals surface area contributed by atoms with Gasteiger partial charge in [-0.05, 0) is 36.2 Å². The van der Waals surface area contributed by atoms with Gasteiger partial charge in [-0.1, -0.05) is 24.3 Å². The standard InChI is InChI=1S/C24H24FN7O3/c1-14-4-3-5-18(20(14)25)31-24(34)30-16-8-6-15(7-9-16)19-17(23(33)27-10-11-35-2)12-32-21(19)22(26)28-13-29-32/h3-9,12-13H,10-11H2,1-2H3,(H,27,33)(H2,26,28,29)(H2,30,31,34). The molecule has 0 spiro atoms. The van der Waals surface area contributed by atoms with Gasteiger partial charge in [0.25, 0.3) is 5.91 Å². The molecule has 4 rings (SSSR count). The topological polar surface area (TPSA) is 136 Å². The number of benzene rings is 2. The number of urea groups is 1. The van der Waals surface area contributed by atoms with E-state index in [0.717, 1.165) is 0 Å². The Kier molecular flexibility index (Phi) is 6.88. The summed E-state index contributed by atoms with van der Waals surface area (Å²) in [6.45, 7) is 2.32. The molecule has 0 aliphatic carbocycles. The number of nitrogen functional groups attached to an aromatic ring is 1. The molecule has 0 fully saturated rings. The van der Waals surface area contributed by atoms with E-state index in [1.165, 1.54) is 16.9 Å². The van der Waals surface area contributed by atoms with Crippen LogP contribution in [0.2, 0.25) is 0 Å².